The van der Waals surface area contributed by atoms with Gasteiger partial charge in [-0.15, -0.1) is 0 Å². The third-order valence-corrected chi connectivity index (χ3v) is 3.22. The second-order valence-corrected chi connectivity index (χ2v) is 4.98. The fourth-order valence-corrected chi connectivity index (χ4v) is 1.99. The molecule has 2 rings (SSSR count). The van der Waals surface area contributed by atoms with E-state index < -0.39 is 0 Å². The lowest BCUT2D eigenvalue weighted by Gasteiger charge is -2.02. The van der Waals surface area contributed by atoms with Gasteiger partial charge in [0.2, 0.25) is 0 Å². The molecule has 2 aromatic carbocycles. The molecule has 0 saturated heterocycles. The molecule has 0 aliphatic rings. The molecule has 0 bridgehead atoms. The van der Waals surface area contributed by atoms with Gasteiger partial charge < -0.3 is 9.84 Å². The van der Waals surface area contributed by atoms with E-state index in [2.05, 4.69) is 31.1 Å². The van der Waals surface area contributed by atoms with Gasteiger partial charge >= 0.3 is 0 Å². The first kappa shape index (κ1) is 15.0. The van der Waals surface area contributed by atoms with Gasteiger partial charge in [-0.3, -0.25) is 0 Å². The molecular formula is C19H20O2. The molecule has 2 nitrogen and oxygen atoms in total. The highest BCUT2D eigenvalue weighted by Crippen LogP contribution is 2.14. The molecule has 0 aliphatic carbocycles. The molecule has 0 heterocycles. The number of unbranched alkanes of at least 4 members (excludes halogenated alkanes) is 2. The Morgan fingerprint density at radius 2 is 1.67 bits per heavy atom. The summed E-state index contributed by atoms with van der Waals surface area (Å²) in [5.41, 5.74) is 2.14. The van der Waals surface area contributed by atoms with Crippen LogP contribution in [0.1, 0.15) is 37.3 Å². The fourth-order valence-electron chi connectivity index (χ4n) is 1.99. The number of aromatic hydroxyl groups is 1. The first-order valence-corrected chi connectivity index (χ1v) is 7.34. The average Bonchev–Trinajstić information content (AvgIpc) is 2.51. The maximum Gasteiger partial charge on any atom is 0.140 e. The van der Waals surface area contributed by atoms with Gasteiger partial charge in [-0.2, -0.15) is 0 Å². The minimum Gasteiger partial charge on any atom is -0.508 e. The van der Waals surface area contributed by atoms with Gasteiger partial charge in [0.1, 0.15) is 17.6 Å². The number of ether oxygens (including phenoxy) is 1. The summed E-state index contributed by atoms with van der Waals surface area (Å²) in [4.78, 5) is 0. The van der Waals surface area contributed by atoms with Gasteiger partial charge in [-0.05, 0) is 60.7 Å². The van der Waals surface area contributed by atoms with E-state index in [9.17, 15) is 5.11 Å². The summed E-state index contributed by atoms with van der Waals surface area (Å²) in [5.74, 6) is 3.88. The van der Waals surface area contributed by atoms with E-state index in [1.165, 1.54) is 24.8 Å². The summed E-state index contributed by atoms with van der Waals surface area (Å²) in [6, 6.07) is 14.8. The van der Waals surface area contributed by atoms with Gasteiger partial charge in [0.05, 0.1) is 0 Å². The first-order valence-electron chi connectivity index (χ1n) is 7.34. The van der Waals surface area contributed by atoms with Crippen molar-refractivity contribution in [2.24, 2.45) is 0 Å². The van der Waals surface area contributed by atoms with Gasteiger partial charge in [0.15, 0.2) is 0 Å². The van der Waals surface area contributed by atoms with Gasteiger partial charge in [0, 0.05) is 5.56 Å². The van der Waals surface area contributed by atoms with Crippen LogP contribution in [0.4, 0.5) is 0 Å². The van der Waals surface area contributed by atoms with Gasteiger partial charge in [0.25, 0.3) is 0 Å². The van der Waals surface area contributed by atoms with Crippen LogP contribution in [0.3, 0.4) is 0 Å². The molecule has 2 aromatic rings. The zero-order valence-electron chi connectivity index (χ0n) is 12.3. The molecule has 2 heteroatoms. The SMILES string of the molecule is CCCCCc1ccc(OC#Cc2ccc(O)cc2)cc1. The highest BCUT2D eigenvalue weighted by atomic mass is 16.5. The van der Waals surface area contributed by atoms with E-state index in [-0.39, 0.29) is 5.75 Å². The van der Waals surface area contributed by atoms with Crippen molar-refractivity contribution in [2.45, 2.75) is 32.6 Å². The molecule has 0 unspecified atom stereocenters. The number of aryl methyl sites for hydroxylation is 1. The Bertz CT molecular complexity index is 601. The molecular weight excluding hydrogens is 260 g/mol. The second kappa shape index (κ2) is 8.01. The monoisotopic (exact) mass is 280 g/mol. The largest absolute Gasteiger partial charge is 0.508 e. The van der Waals surface area contributed by atoms with E-state index in [1.54, 1.807) is 24.3 Å². The van der Waals surface area contributed by atoms with Crippen molar-refractivity contribution >= 4 is 0 Å². The summed E-state index contributed by atoms with van der Waals surface area (Å²) in [7, 11) is 0. The number of hydrogen-bond acceptors (Lipinski definition) is 2. The van der Waals surface area contributed by atoms with E-state index in [1.807, 2.05) is 12.1 Å². The normalized spacial score (nSPS) is 9.76. The number of rotatable bonds is 5. The molecule has 0 radical (unpaired) electrons. The molecule has 0 amide bonds. The van der Waals surface area contributed by atoms with Crippen LogP contribution in [0.5, 0.6) is 11.5 Å². The van der Waals surface area contributed by atoms with Crippen molar-refractivity contribution in [1.29, 1.82) is 0 Å². The molecule has 0 aromatic heterocycles. The lowest BCUT2D eigenvalue weighted by atomic mass is 10.1. The van der Waals surface area contributed by atoms with Gasteiger partial charge in [-0.1, -0.05) is 31.9 Å². The topological polar surface area (TPSA) is 29.5 Å². The lowest BCUT2D eigenvalue weighted by molar-refractivity contribution is 0.475. The predicted octanol–water partition coefficient (Wildman–Crippen LogP) is 4.51. The van der Waals surface area contributed by atoms with Crippen molar-refractivity contribution in [3.8, 4) is 23.5 Å². The maximum absolute atomic E-state index is 9.18. The second-order valence-electron chi connectivity index (χ2n) is 4.98. The van der Waals surface area contributed by atoms with E-state index in [4.69, 9.17) is 4.74 Å². The molecule has 0 fully saturated rings. The Morgan fingerprint density at radius 3 is 2.33 bits per heavy atom. The van der Waals surface area contributed by atoms with Crippen LogP contribution < -0.4 is 4.74 Å². The summed E-state index contributed by atoms with van der Waals surface area (Å²) < 4.78 is 5.40. The Balaban J connectivity index is 1.87. The third kappa shape index (κ3) is 5.24. The number of phenols is 1. The number of hydrogen-bond donors (Lipinski definition) is 1. The van der Waals surface area contributed by atoms with Crippen LogP contribution in [-0.2, 0) is 6.42 Å². The average molecular weight is 280 g/mol. The number of benzene rings is 2. The van der Waals surface area contributed by atoms with Crippen molar-refractivity contribution < 1.29 is 9.84 Å². The van der Waals surface area contributed by atoms with Crippen LogP contribution in [-0.4, -0.2) is 5.11 Å². The minimum atomic E-state index is 0.236. The molecule has 108 valence electrons. The zero-order chi connectivity index (χ0) is 14.9. The molecule has 1 N–H and O–H groups in total. The smallest absolute Gasteiger partial charge is 0.140 e. The number of phenolic OH excluding ortho intramolecular Hbond substituents is 1. The Kier molecular flexibility index (Phi) is 5.72. The predicted molar refractivity (Wildman–Crippen MR) is 85.3 cm³/mol. The van der Waals surface area contributed by atoms with Crippen LogP contribution in [0, 0.1) is 12.0 Å². The zero-order valence-corrected chi connectivity index (χ0v) is 12.3. The molecule has 0 saturated carbocycles. The first-order chi connectivity index (χ1) is 10.3. The molecule has 21 heavy (non-hydrogen) atoms. The minimum absolute atomic E-state index is 0.236. The van der Waals surface area contributed by atoms with E-state index in [0.29, 0.717) is 0 Å². The van der Waals surface area contributed by atoms with Crippen LogP contribution in [0.15, 0.2) is 48.5 Å². The summed E-state index contributed by atoms with van der Waals surface area (Å²) in [5, 5.41) is 9.18. The third-order valence-electron chi connectivity index (χ3n) is 3.22. The molecule has 0 aliphatic heterocycles. The fraction of sp³-hybridized carbons (Fsp3) is 0.263. The van der Waals surface area contributed by atoms with E-state index >= 15 is 0 Å². The van der Waals surface area contributed by atoms with Crippen molar-refractivity contribution in [2.75, 3.05) is 0 Å². The van der Waals surface area contributed by atoms with Gasteiger partial charge in [-0.25, -0.2) is 0 Å². The van der Waals surface area contributed by atoms with Crippen molar-refractivity contribution in [3.63, 3.8) is 0 Å². The highest BCUT2D eigenvalue weighted by molar-refractivity contribution is 5.37. The highest BCUT2D eigenvalue weighted by Gasteiger charge is 1.95. The summed E-state index contributed by atoms with van der Waals surface area (Å²) >= 11 is 0. The van der Waals surface area contributed by atoms with E-state index in [0.717, 1.165) is 17.7 Å². The quantitative estimate of drug-likeness (QED) is 0.645. The van der Waals surface area contributed by atoms with Crippen LogP contribution in [0.2, 0.25) is 0 Å². The molecule has 0 spiro atoms. The Labute approximate surface area is 126 Å². The van der Waals surface area contributed by atoms with Crippen molar-refractivity contribution in [1.82, 2.24) is 0 Å². The van der Waals surface area contributed by atoms with Crippen LogP contribution in [0.25, 0.3) is 0 Å². The summed E-state index contributed by atoms with van der Waals surface area (Å²) in [6.07, 6.45) is 7.55. The maximum atomic E-state index is 9.18. The van der Waals surface area contributed by atoms with Crippen molar-refractivity contribution in [3.05, 3.63) is 59.7 Å². The molecule has 0 atom stereocenters. The Hall–Kier alpha value is -2.40. The Morgan fingerprint density at radius 1 is 0.952 bits per heavy atom. The lowest BCUT2D eigenvalue weighted by Crippen LogP contribution is -1.87. The summed E-state index contributed by atoms with van der Waals surface area (Å²) in [6.45, 7) is 2.21. The standard InChI is InChI=1S/C19H20O2/c1-2-3-4-5-16-8-12-19(13-9-16)21-15-14-17-6-10-18(20)11-7-17/h6-13,20H,2-5H2,1H3. The van der Waals surface area contributed by atoms with Crippen LogP contribution >= 0.6 is 0 Å².